The second-order valence-electron chi connectivity index (χ2n) is 7.46. The van der Waals surface area contributed by atoms with Crippen LogP contribution in [0.3, 0.4) is 0 Å². The van der Waals surface area contributed by atoms with Gasteiger partial charge in [0.1, 0.15) is 5.75 Å². The van der Waals surface area contributed by atoms with Crippen LogP contribution in [0.1, 0.15) is 30.7 Å². The van der Waals surface area contributed by atoms with Crippen LogP contribution >= 0.6 is 0 Å². The third kappa shape index (κ3) is 8.00. The minimum absolute atomic E-state index is 0.0911. The molecule has 0 radical (unpaired) electrons. The van der Waals surface area contributed by atoms with Crippen LogP contribution in [0.2, 0.25) is 0 Å². The van der Waals surface area contributed by atoms with Crippen LogP contribution in [0.15, 0.2) is 41.4 Å². The van der Waals surface area contributed by atoms with Gasteiger partial charge in [-0.2, -0.15) is 5.11 Å². The number of likely N-dealkylation sites (N-methyl/N-ethyl adjacent to an activating group) is 1. The number of benzene rings is 1. The maximum Gasteiger partial charge on any atom is 0.120 e. The summed E-state index contributed by atoms with van der Waals surface area (Å²) in [5.41, 5.74) is 10.9. The van der Waals surface area contributed by atoms with Crippen LogP contribution in [0.5, 0.6) is 5.75 Å². The van der Waals surface area contributed by atoms with Gasteiger partial charge in [0.25, 0.3) is 0 Å². The molecular weight excluding hydrogens is 368 g/mol. The van der Waals surface area contributed by atoms with Crippen molar-refractivity contribution in [2.45, 2.75) is 39.6 Å². The van der Waals surface area contributed by atoms with E-state index < -0.39 is 0 Å². The van der Waals surface area contributed by atoms with Crippen molar-refractivity contribution in [2.24, 2.45) is 5.11 Å². The topological polar surface area (TPSA) is 103 Å². The van der Waals surface area contributed by atoms with Crippen LogP contribution in [0.25, 0.3) is 0 Å². The van der Waals surface area contributed by atoms with E-state index in [4.69, 9.17) is 10.3 Å². The second-order valence-corrected chi connectivity index (χ2v) is 7.46. The van der Waals surface area contributed by atoms with Gasteiger partial charge >= 0.3 is 0 Å². The number of nitrogens with zero attached hydrogens (tertiary/aromatic N) is 5. The normalized spacial score (nSPS) is 11.9. The molecule has 9 heteroatoms. The smallest absolute Gasteiger partial charge is 0.120 e. The highest BCUT2D eigenvalue weighted by Crippen LogP contribution is 2.20. The number of nitrogens with one attached hydrogen (secondary N) is 3. The quantitative estimate of drug-likeness (QED) is 0.473. The zero-order valence-corrected chi connectivity index (χ0v) is 17.9. The lowest BCUT2D eigenvalue weighted by Gasteiger charge is -2.14. The number of rotatable bonds is 12. The SMILES string of the molecule is CNC/C(=C/NCc1cc(Cn2cc(CN(C)C)nn2)cc(OC(C)C)c1)N=N. The first kappa shape index (κ1) is 22.5. The third-order valence-corrected chi connectivity index (χ3v) is 3.88. The molecule has 0 atom stereocenters. The molecule has 0 spiro atoms. The van der Waals surface area contributed by atoms with E-state index in [0.717, 1.165) is 29.1 Å². The van der Waals surface area contributed by atoms with E-state index in [-0.39, 0.29) is 6.10 Å². The highest BCUT2D eigenvalue weighted by molar-refractivity contribution is 5.35. The molecule has 2 rings (SSSR count). The average Bonchev–Trinajstić information content (AvgIpc) is 3.06. The summed E-state index contributed by atoms with van der Waals surface area (Å²) in [6.07, 6.45) is 3.81. The van der Waals surface area contributed by atoms with E-state index in [2.05, 4.69) is 37.0 Å². The lowest BCUT2D eigenvalue weighted by atomic mass is 10.1. The van der Waals surface area contributed by atoms with Gasteiger partial charge in [0.05, 0.1) is 30.2 Å². The van der Waals surface area contributed by atoms with E-state index in [1.54, 1.807) is 6.20 Å². The molecule has 2 aromatic rings. The Labute approximate surface area is 172 Å². The van der Waals surface area contributed by atoms with E-state index in [0.29, 0.717) is 25.3 Å². The van der Waals surface area contributed by atoms with Gasteiger partial charge in [-0.25, -0.2) is 10.2 Å². The van der Waals surface area contributed by atoms with Gasteiger partial charge in [0.15, 0.2) is 0 Å². The van der Waals surface area contributed by atoms with Gasteiger partial charge < -0.3 is 20.3 Å². The Bertz CT molecular complexity index is 813. The van der Waals surface area contributed by atoms with Crippen molar-refractivity contribution in [3.05, 3.63) is 53.1 Å². The molecule has 0 fully saturated rings. The number of ether oxygens (including phenoxy) is 1. The molecule has 1 aromatic carbocycles. The molecule has 0 amide bonds. The zero-order chi connectivity index (χ0) is 21.2. The highest BCUT2D eigenvalue weighted by Gasteiger charge is 2.07. The molecule has 1 heterocycles. The summed E-state index contributed by atoms with van der Waals surface area (Å²) in [6.45, 7) is 6.55. The fourth-order valence-corrected chi connectivity index (χ4v) is 2.85. The molecule has 9 nitrogen and oxygen atoms in total. The van der Waals surface area contributed by atoms with Crippen LogP contribution in [-0.2, 0) is 19.6 Å². The molecule has 0 unspecified atom stereocenters. The molecule has 0 aliphatic heterocycles. The second kappa shape index (κ2) is 11.3. The fourth-order valence-electron chi connectivity index (χ4n) is 2.85. The van der Waals surface area contributed by atoms with Crippen LogP contribution < -0.4 is 15.4 Å². The number of aromatic nitrogens is 3. The summed E-state index contributed by atoms with van der Waals surface area (Å²) in [4.78, 5) is 2.06. The first-order valence-electron chi connectivity index (χ1n) is 9.67. The van der Waals surface area contributed by atoms with Crippen molar-refractivity contribution in [1.29, 1.82) is 5.53 Å². The van der Waals surface area contributed by atoms with Crippen molar-refractivity contribution in [2.75, 3.05) is 27.7 Å². The van der Waals surface area contributed by atoms with Gasteiger partial charge in [-0.1, -0.05) is 11.3 Å². The standard InChI is InChI=1S/C20H32N8O/c1-15(2)29-20-7-16(9-23-11-18(24-21)10-22-3)6-17(8-20)12-28-14-19(25-26-28)13-27(4)5/h6-8,11,14-15,21-23H,9-10,12-13H2,1-5H3/b18-11-,24-21?. The van der Waals surface area contributed by atoms with E-state index >= 15 is 0 Å². The van der Waals surface area contributed by atoms with Crippen molar-refractivity contribution >= 4 is 0 Å². The predicted octanol–water partition coefficient (Wildman–Crippen LogP) is 2.36. The predicted molar refractivity (Wildman–Crippen MR) is 113 cm³/mol. The highest BCUT2D eigenvalue weighted by atomic mass is 16.5. The average molecular weight is 401 g/mol. The third-order valence-electron chi connectivity index (χ3n) is 3.88. The summed E-state index contributed by atoms with van der Waals surface area (Å²) < 4.78 is 7.77. The Morgan fingerprint density at radius 2 is 2.07 bits per heavy atom. The summed E-state index contributed by atoms with van der Waals surface area (Å²) in [5.74, 6) is 0.826. The fraction of sp³-hybridized carbons (Fsp3) is 0.500. The van der Waals surface area contributed by atoms with Crippen LogP contribution in [-0.4, -0.2) is 53.7 Å². The van der Waals surface area contributed by atoms with Crippen molar-refractivity contribution in [3.63, 3.8) is 0 Å². The van der Waals surface area contributed by atoms with Gasteiger partial charge in [-0.3, -0.25) is 0 Å². The lowest BCUT2D eigenvalue weighted by molar-refractivity contribution is 0.242. The van der Waals surface area contributed by atoms with Gasteiger partial charge in [-0.05, 0) is 58.3 Å². The molecule has 3 N–H and O–H groups in total. The Balaban J connectivity index is 2.15. The summed E-state index contributed by atoms with van der Waals surface area (Å²) in [6, 6.07) is 6.19. The van der Waals surface area contributed by atoms with E-state index in [9.17, 15) is 0 Å². The molecule has 158 valence electrons. The largest absolute Gasteiger partial charge is 0.491 e. The summed E-state index contributed by atoms with van der Waals surface area (Å²) in [5, 5.41) is 18.2. The van der Waals surface area contributed by atoms with Crippen molar-refractivity contribution in [3.8, 4) is 5.75 Å². The molecular formula is C20H32N8O. The van der Waals surface area contributed by atoms with Gasteiger partial charge in [0, 0.05) is 25.8 Å². The van der Waals surface area contributed by atoms with Gasteiger partial charge in [-0.15, -0.1) is 5.10 Å². The van der Waals surface area contributed by atoms with E-state index in [1.807, 2.05) is 58.0 Å². The van der Waals surface area contributed by atoms with Crippen molar-refractivity contribution < 1.29 is 4.74 Å². The van der Waals surface area contributed by atoms with Crippen molar-refractivity contribution in [1.82, 2.24) is 30.5 Å². The first-order valence-corrected chi connectivity index (χ1v) is 9.67. The maximum atomic E-state index is 7.20. The zero-order valence-electron chi connectivity index (χ0n) is 17.9. The van der Waals surface area contributed by atoms with E-state index in [1.165, 1.54) is 0 Å². The Hall–Kier alpha value is -2.78. The molecule has 0 aliphatic rings. The van der Waals surface area contributed by atoms with Gasteiger partial charge in [0.2, 0.25) is 0 Å². The molecule has 29 heavy (non-hydrogen) atoms. The Kier molecular flexibility index (Phi) is 8.75. The molecule has 0 saturated heterocycles. The summed E-state index contributed by atoms with van der Waals surface area (Å²) >= 11 is 0. The first-order chi connectivity index (χ1) is 13.9. The Morgan fingerprint density at radius 1 is 1.31 bits per heavy atom. The molecule has 1 aromatic heterocycles. The number of hydrogen-bond donors (Lipinski definition) is 3. The lowest BCUT2D eigenvalue weighted by Crippen LogP contribution is -2.13. The minimum Gasteiger partial charge on any atom is -0.491 e. The van der Waals surface area contributed by atoms with Crippen LogP contribution in [0, 0.1) is 5.53 Å². The van der Waals surface area contributed by atoms with Crippen LogP contribution in [0.4, 0.5) is 0 Å². The Morgan fingerprint density at radius 3 is 2.72 bits per heavy atom. The minimum atomic E-state index is 0.0911. The molecule has 0 aliphatic carbocycles. The molecule has 0 saturated carbocycles. The maximum absolute atomic E-state index is 7.20. The summed E-state index contributed by atoms with van der Waals surface area (Å²) in [7, 11) is 5.84. The number of hydrogen-bond acceptors (Lipinski definition) is 8. The molecule has 0 bridgehead atoms. The monoisotopic (exact) mass is 400 g/mol.